The Morgan fingerprint density at radius 1 is 0.935 bits per heavy atom. The molecule has 164 valence electrons. The first kappa shape index (κ1) is 22.1. The van der Waals surface area contributed by atoms with Crippen LogP contribution in [0.1, 0.15) is 41.1 Å². The summed E-state index contributed by atoms with van der Waals surface area (Å²) in [6.07, 6.45) is 3.30. The molecule has 1 unspecified atom stereocenters. The van der Waals surface area contributed by atoms with Gasteiger partial charge in [0.15, 0.2) is 0 Å². The number of likely N-dealkylation sites (tertiary alicyclic amines) is 2. The first-order valence-electron chi connectivity index (χ1n) is 10.8. The smallest absolute Gasteiger partial charge is 0.251 e. The molecule has 2 saturated heterocycles. The molecule has 0 aromatic heterocycles. The highest BCUT2D eigenvalue weighted by atomic mass is 35.5. The lowest BCUT2D eigenvalue weighted by atomic mass is 9.89. The van der Waals surface area contributed by atoms with Crippen molar-refractivity contribution in [3.05, 3.63) is 69.7 Å². The Balaban J connectivity index is 1.23. The molecule has 1 N–H and O–H groups in total. The summed E-state index contributed by atoms with van der Waals surface area (Å²) in [5, 5.41) is 3.47. The maximum atomic E-state index is 12.6. The SMILES string of the molecule is O=C(NCC(=O)N1CCC(N2CCC(c3ccccc3)CC2)C1)c1cc(Cl)cc(Cl)c1. The van der Waals surface area contributed by atoms with Crippen molar-refractivity contribution >= 4 is 35.0 Å². The fourth-order valence-corrected chi connectivity index (χ4v) is 5.17. The molecule has 0 saturated carbocycles. The second kappa shape index (κ2) is 10.0. The van der Waals surface area contributed by atoms with Gasteiger partial charge in [-0.1, -0.05) is 53.5 Å². The van der Waals surface area contributed by atoms with Gasteiger partial charge in [0.25, 0.3) is 5.91 Å². The summed E-state index contributed by atoms with van der Waals surface area (Å²) in [5.41, 5.74) is 1.79. The van der Waals surface area contributed by atoms with E-state index >= 15 is 0 Å². The zero-order chi connectivity index (χ0) is 21.8. The zero-order valence-corrected chi connectivity index (χ0v) is 18.9. The maximum absolute atomic E-state index is 12.6. The van der Waals surface area contributed by atoms with Gasteiger partial charge in [0.1, 0.15) is 0 Å². The minimum absolute atomic E-state index is 0.0221. The minimum Gasteiger partial charge on any atom is -0.343 e. The molecule has 2 aromatic carbocycles. The third-order valence-corrected chi connectivity index (χ3v) is 6.79. The average Bonchev–Trinajstić information content (AvgIpc) is 3.28. The summed E-state index contributed by atoms with van der Waals surface area (Å²) >= 11 is 11.9. The van der Waals surface area contributed by atoms with Gasteiger partial charge in [0.2, 0.25) is 5.91 Å². The lowest BCUT2D eigenvalue weighted by molar-refractivity contribution is -0.129. The Hall–Kier alpha value is -2.08. The van der Waals surface area contributed by atoms with Gasteiger partial charge >= 0.3 is 0 Å². The highest BCUT2D eigenvalue weighted by Crippen LogP contribution is 2.30. The lowest BCUT2D eigenvalue weighted by Crippen LogP contribution is -2.44. The van der Waals surface area contributed by atoms with E-state index in [2.05, 4.69) is 40.5 Å². The Bertz CT molecular complexity index is 909. The first-order valence-corrected chi connectivity index (χ1v) is 11.6. The van der Waals surface area contributed by atoms with Gasteiger partial charge < -0.3 is 10.2 Å². The van der Waals surface area contributed by atoms with Crippen LogP contribution in [0, 0.1) is 0 Å². The topological polar surface area (TPSA) is 52.7 Å². The van der Waals surface area contributed by atoms with Crippen LogP contribution in [0.5, 0.6) is 0 Å². The Morgan fingerprint density at radius 2 is 1.61 bits per heavy atom. The van der Waals surface area contributed by atoms with Crippen molar-refractivity contribution in [1.29, 1.82) is 0 Å². The van der Waals surface area contributed by atoms with E-state index in [-0.39, 0.29) is 18.4 Å². The quantitative estimate of drug-likeness (QED) is 0.728. The zero-order valence-electron chi connectivity index (χ0n) is 17.4. The molecule has 4 rings (SSSR count). The number of piperidine rings is 1. The number of rotatable bonds is 5. The van der Waals surface area contributed by atoms with E-state index in [1.165, 1.54) is 17.7 Å². The normalized spacial score (nSPS) is 20.1. The van der Waals surface area contributed by atoms with Crippen LogP contribution in [0.4, 0.5) is 0 Å². The van der Waals surface area contributed by atoms with Crippen LogP contribution in [0.3, 0.4) is 0 Å². The fraction of sp³-hybridized carbons (Fsp3) is 0.417. The molecule has 2 heterocycles. The van der Waals surface area contributed by atoms with Gasteiger partial charge in [-0.25, -0.2) is 0 Å². The van der Waals surface area contributed by atoms with Crippen LogP contribution < -0.4 is 5.32 Å². The second-order valence-corrected chi connectivity index (χ2v) is 9.22. The number of hydrogen-bond acceptors (Lipinski definition) is 3. The number of amides is 2. The predicted molar refractivity (Wildman–Crippen MR) is 124 cm³/mol. The molecule has 5 nitrogen and oxygen atoms in total. The van der Waals surface area contributed by atoms with E-state index in [1.54, 1.807) is 6.07 Å². The molecule has 31 heavy (non-hydrogen) atoms. The molecule has 2 fully saturated rings. The first-order chi connectivity index (χ1) is 15.0. The molecule has 2 aliphatic heterocycles. The van der Waals surface area contributed by atoms with Gasteiger partial charge in [-0.2, -0.15) is 0 Å². The number of nitrogens with one attached hydrogen (secondary N) is 1. The fourth-order valence-electron chi connectivity index (χ4n) is 4.64. The molecule has 2 aliphatic rings. The largest absolute Gasteiger partial charge is 0.343 e. The standard InChI is InChI=1S/C24H27Cl2N3O2/c25-20-12-19(13-21(26)14-20)24(31)27-15-23(30)29-11-8-22(16-29)28-9-6-18(7-10-28)17-4-2-1-3-5-17/h1-5,12-14,18,22H,6-11,15-16H2,(H,27,31). The van der Waals surface area contributed by atoms with E-state index in [4.69, 9.17) is 23.2 Å². The van der Waals surface area contributed by atoms with E-state index < -0.39 is 0 Å². The minimum atomic E-state index is -0.350. The molecule has 1 atom stereocenters. The lowest BCUT2D eigenvalue weighted by Gasteiger charge is -2.36. The second-order valence-electron chi connectivity index (χ2n) is 8.34. The molecular formula is C24H27Cl2N3O2. The van der Waals surface area contributed by atoms with Crippen LogP contribution in [0.15, 0.2) is 48.5 Å². The number of carbonyl (C=O) groups is 2. The average molecular weight is 460 g/mol. The number of nitrogens with zero attached hydrogens (tertiary/aromatic N) is 2. The van der Waals surface area contributed by atoms with E-state index in [1.807, 2.05) is 4.90 Å². The third kappa shape index (κ3) is 5.59. The van der Waals surface area contributed by atoms with Crippen molar-refractivity contribution in [3.8, 4) is 0 Å². The summed E-state index contributed by atoms with van der Waals surface area (Å²) in [6.45, 7) is 3.58. The molecule has 0 bridgehead atoms. The van der Waals surface area contributed by atoms with Crippen LogP contribution >= 0.6 is 23.2 Å². The number of benzene rings is 2. The number of carbonyl (C=O) groups excluding carboxylic acids is 2. The van der Waals surface area contributed by atoms with E-state index in [9.17, 15) is 9.59 Å². The third-order valence-electron chi connectivity index (χ3n) is 6.36. The van der Waals surface area contributed by atoms with Crippen molar-refractivity contribution in [1.82, 2.24) is 15.1 Å². The van der Waals surface area contributed by atoms with Crippen molar-refractivity contribution in [2.45, 2.75) is 31.2 Å². The van der Waals surface area contributed by atoms with Gasteiger partial charge in [-0.3, -0.25) is 14.5 Å². The van der Waals surface area contributed by atoms with E-state index in [0.717, 1.165) is 45.4 Å². The molecule has 0 spiro atoms. The van der Waals surface area contributed by atoms with Crippen molar-refractivity contribution < 1.29 is 9.59 Å². The van der Waals surface area contributed by atoms with Crippen molar-refractivity contribution in [2.75, 3.05) is 32.7 Å². The van der Waals surface area contributed by atoms with Crippen LogP contribution in [0.2, 0.25) is 10.0 Å². The maximum Gasteiger partial charge on any atom is 0.251 e. The highest BCUT2D eigenvalue weighted by Gasteiger charge is 2.32. The van der Waals surface area contributed by atoms with Crippen LogP contribution in [-0.4, -0.2) is 60.4 Å². The number of hydrogen-bond donors (Lipinski definition) is 1. The molecular weight excluding hydrogens is 433 g/mol. The van der Waals surface area contributed by atoms with Crippen LogP contribution in [-0.2, 0) is 4.79 Å². The molecule has 0 aliphatic carbocycles. The molecule has 2 amide bonds. The number of halogens is 2. The highest BCUT2D eigenvalue weighted by molar-refractivity contribution is 6.35. The monoisotopic (exact) mass is 459 g/mol. The van der Waals surface area contributed by atoms with Crippen LogP contribution in [0.25, 0.3) is 0 Å². The summed E-state index contributed by atoms with van der Waals surface area (Å²) in [4.78, 5) is 29.3. The Labute approximate surface area is 193 Å². The van der Waals surface area contributed by atoms with Gasteiger partial charge in [0, 0.05) is 34.7 Å². The molecule has 0 radical (unpaired) electrons. The van der Waals surface area contributed by atoms with Crippen molar-refractivity contribution in [2.24, 2.45) is 0 Å². The summed E-state index contributed by atoms with van der Waals surface area (Å²) in [7, 11) is 0. The van der Waals surface area contributed by atoms with Gasteiger partial charge in [-0.15, -0.1) is 0 Å². The predicted octanol–water partition coefficient (Wildman–Crippen LogP) is 4.20. The Morgan fingerprint density at radius 3 is 2.29 bits per heavy atom. The molecule has 7 heteroatoms. The van der Waals surface area contributed by atoms with Gasteiger partial charge in [-0.05, 0) is 62.0 Å². The Kier molecular flexibility index (Phi) is 7.16. The van der Waals surface area contributed by atoms with Crippen molar-refractivity contribution in [3.63, 3.8) is 0 Å². The summed E-state index contributed by atoms with van der Waals surface area (Å²) < 4.78 is 0. The van der Waals surface area contributed by atoms with E-state index in [0.29, 0.717) is 27.6 Å². The summed E-state index contributed by atoms with van der Waals surface area (Å²) in [5.74, 6) is 0.228. The van der Waals surface area contributed by atoms with Gasteiger partial charge in [0.05, 0.1) is 6.54 Å². The molecule has 2 aromatic rings. The summed E-state index contributed by atoms with van der Waals surface area (Å²) in [6, 6.07) is 15.8.